The summed E-state index contributed by atoms with van der Waals surface area (Å²) in [5, 5.41) is 0. The molecule has 1 unspecified atom stereocenters. The summed E-state index contributed by atoms with van der Waals surface area (Å²) in [7, 11) is 0. The van der Waals surface area contributed by atoms with Crippen LogP contribution in [0.3, 0.4) is 0 Å². The van der Waals surface area contributed by atoms with Crippen LogP contribution in [0.4, 0.5) is 0 Å². The maximum absolute atomic E-state index is 6.04. The quantitative estimate of drug-likeness (QED) is 0.615. The van der Waals surface area contributed by atoms with Crippen molar-refractivity contribution >= 4 is 0 Å². The van der Waals surface area contributed by atoms with Crippen molar-refractivity contribution in [2.45, 2.75) is 52.0 Å². The molecule has 0 aromatic heterocycles. The molecule has 2 N–H and O–H groups in total. The van der Waals surface area contributed by atoms with Gasteiger partial charge in [0.25, 0.3) is 0 Å². The van der Waals surface area contributed by atoms with Crippen molar-refractivity contribution in [1.29, 1.82) is 0 Å². The lowest BCUT2D eigenvalue weighted by atomic mass is 9.68. The van der Waals surface area contributed by atoms with Gasteiger partial charge in [-0.25, -0.2) is 0 Å². The summed E-state index contributed by atoms with van der Waals surface area (Å²) >= 11 is 0. The van der Waals surface area contributed by atoms with Crippen LogP contribution < -0.4 is 5.73 Å². The smallest absolute Gasteiger partial charge is 0.0231 e. The lowest BCUT2D eigenvalue weighted by Crippen LogP contribution is -2.33. The van der Waals surface area contributed by atoms with E-state index in [0.29, 0.717) is 11.5 Å². The van der Waals surface area contributed by atoms with Crippen molar-refractivity contribution in [2.24, 2.45) is 17.1 Å². The van der Waals surface area contributed by atoms with Crippen LogP contribution in [0, 0.1) is 11.3 Å². The van der Waals surface area contributed by atoms with Gasteiger partial charge in [-0.1, -0.05) is 31.9 Å². The summed E-state index contributed by atoms with van der Waals surface area (Å²) in [5.41, 5.74) is 8.15. The summed E-state index contributed by atoms with van der Waals surface area (Å²) in [6, 6.07) is 0.319. The Labute approximate surface area is 81.4 Å². The Balaban J connectivity index is 2.09. The third-order valence-corrected chi connectivity index (χ3v) is 3.53. The first kappa shape index (κ1) is 9.26. The highest BCUT2D eigenvalue weighted by Crippen LogP contribution is 2.43. The summed E-state index contributed by atoms with van der Waals surface area (Å²) in [5.74, 6) is 0.894. The fourth-order valence-corrected chi connectivity index (χ4v) is 2.72. The van der Waals surface area contributed by atoms with Gasteiger partial charge in [-0.3, -0.25) is 0 Å². The van der Waals surface area contributed by atoms with Crippen molar-refractivity contribution < 1.29 is 0 Å². The molecule has 74 valence electrons. The van der Waals surface area contributed by atoms with E-state index in [1.165, 1.54) is 25.7 Å². The van der Waals surface area contributed by atoms with Crippen LogP contribution in [-0.4, -0.2) is 6.04 Å². The second kappa shape index (κ2) is 3.13. The summed E-state index contributed by atoms with van der Waals surface area (Å²) < 4.78 is 0. The molecule has 1 fully saturated rings. The zero-order chi connectivity index (χ0) is 9.47. The Morgan fingerprint density at radius 3 is 2.54 bits per heavy atom. The number of allylic oxidation sites excluding steroid dienone is 1. The molecular formula is C12H21N. The van der Waals surface area contributed by atoms with Crippen LogP contribution in [0.1, 0.15) is 46.0 Å². The molecule has 2 aliphatic carbocycles. The molecule has 0 amide bonds. The molecule has 1 heteroatoms. The maximum atomic E-state index is 6.04. The highest BCUT2D eigenvalue weighted by molar-refractivity contribution is 5.18. The summed E-state index contributed by atoms with van der Waals surface area (Å²) in [6.45, 7) is 4.69. The second-order valence-corrected chi connectivity index (χ2v) is 5.58. The van der Waals surface area contributed by atoms with Crippen molar-refractivity contribution in [3.63, 3.8) is 0 Å². The molecular weight excluding hydrogens is 158 g/mol. The molecule has 2 rings (SSSR count). The highest BCUT2D eigenvalue weighted by atomic mass is 14.6. The van der Waals surface area contributed by atoms with E-state index in [2.05, 4.69) is 19.9 Å². The van der Waals surface area contributed by atoms with Crippen molar-refractivity contribution in [3.8, 4) is 0 Å². The van der Waals surface area contributed by atoms with E-state index in [-0.39, 0.29) is 0 Å². The van der Waals surface area contributed by atoms with E-state index < -0.39 is 0 Å². The van der Waals surface area contributed by atoms with Gasteiger partial charge in [0.05, 0.1) is 0 Å². The van der Waals surface area contributed by atoms with Crippen LogP contribution in [0.15, 0.2) is 11.6 Å². The number of hydrogen-bond donors (Lipinski definition) is 1. The number of hydrogen-bond acceptors (Lipinski definition) is 1. The highest BCUT2D eigenvalue weighted by Gasteiger charge is 2.32. The molecule has 0 bridgehead atoms. The van der Waals surface area contributed by atoms with Gasteiger partial charge in [0, 0.05) is 6.04 Å². The first-order valence-corrected chi connectivity index (χ1v) is 5.53. The SMILES string of the molecule is CC1(C)CC(C2CCC2)=CC(N)C1. The van der Waals surface area contributed by atoms with Gasteiger partial charge in [-0.15, -0.1) is 0 Å². The molecule has 2 aliphatic rings. The Kier molecular flexibility index (Phi) is 2.23. The third-order valence-electron chi connectivity index (χ3n) is 3.53. The van der Waals surface area contributed by atoms with Crippen molar-refractivity contribution in [3.05, 3.63) is 11.6 Å². The molecule has 1 atom stereocenters. The molecule has 0 aromatic rings. The fourth-order valence-electron chi connectivity index (χ4n) is 2.72. The van der Waals surface area contributed by atoms with Gasteiger partial charge in [-0.2, -0.15) is 0 Å². The zero-order valence-corrected chi connectivity index (χ0v) is 8.84. The monoisotopic (exact) mass is 179 g/mol. The zero-order valence-electron chi connectivity index (χ0n) is 8.84. The molecule has 0 heterocycles. The molecule has 0 aromatic carbocycles. The number of rotatable bonds is 1. The standard InChI is InChI=1S/C12H21N/c1-12(2)7-10(6-11(13)8-12)9-4-3-5-9/h6,9,11H,3-5,7-8,13H2,1-2H3. The summed E-state index contributed by atoms with van der Waals surface area (Å²) in [6.07, 6.45) is 9.03. The Morgan fingerprint density at radius 2 is 2.08 bits per heavy atom. The largest absolute Gasteiger partial charge is 0.324 e. The van der Waals surface area contributed by atoms with Crippen LogP contribution in [-0.2, 0) is 0 Å². The molecule has 13 heavy (non-hydrogen) atoms. The predicted molar refractivity (Wildman–Crippen MR) is 56.4 cm³/mol. The minimum absolute atomic E-state index is 0.319. The molecule has 1 saturated carbocycles. The topological polar surface area (TPSA) is 26.0 Å². The molecule has 0 spiro atoms. The van der Waals surface area contributed by atoms with Crippen LogP contribution >= 0.6 is 0 Å². The van der Waals surface area contributed by atoms with Crippen molar-refractivity contribution in [2.75, 3.05) is 0 Å². The van der Waals surface area contributed by atoms with E-state index >= 15 is 0 Å². The number of nitrogens with two attached hydrogens (primary N) is 1. The average Bonchev–Trinajstić information content (AvgIpc) is 1.75. The third kappa shape index (κ3) is 1.96. The average molecular weight is 179 g/mol. The molecule has 0 radical (unpaired) electrons. The van der Waals surface area contributed by atoms with Gasteiger partial charge in [-0.05, 0) is 37.0 Å². The van der Waals surface area contributed by atoms with Crippen molar-refractivity contribution in [1.82, 2.24) is 0 Å². The van der Waals surface area contributed by atoms with Gasteiger partial charge in [0.2, 0.25) is 0 Å². The van der Waals surface area contributed by atoms with E-state index in [4.69, 9.17) is 5.73 Å². The van der Waals surface area contributed by atoms with E-state index in [1.807, 2.05) is 0 Å². The van der Waals surface area contributed by atoms with E-state index in [0.717, 1.165) is 12.3 Å². The van der Waals surface area contributed by atoms with Gasteiger partial charge in [0.15, 0.2) is 0 Å². The Hall–Kier alpha value is -0.300. The van der Waals surface area contributed by atoms with Crippen LogP contribution in [0.5, 0.6) is 0 Å². The fraction of sp³-hybridized carbons (Fsp3) is 0.833. The van der Waals surface area contributed by atoms with Crippen LogP contribution in [0.2, 0.25) is 0 Å². The van der Waals surface area contributed by atoms with E-state index in [9.17, 15) is 0 Å². The second-order valence-electron chi connectivity index (χ2n) is 5.58. The van der Waals surface area contributed by atoms with Gasteiger partial charge >= 0.3 is 0 Å². The molecule has 1 nitrogen and oxygen atoms in total. The minimum atomic E-state index is 0.319. The molecule has 0 saturated heterocycles. The Bertz CT molecular complexity index is 223. The predicted octanol–water partition coefficient (Wildman–Crippen LogP) is 2.86. The lowest BCUT2D eigenvalue weighted by molar-refractivity contribution is 0.259. The van der Waals surface area contributed by atoms with Crippen LogP contribution in [0.25, 0.3) is 0 Å². The summed E-state index contributed by atoms with van der Waals surface area (Å²) in [4.78, 5) is 0. The minimum Gasteiger partial charge on any atom is -0.324 e. The first-order valence-electron chi connectivity index (χ1n) is 5.53. The lowest BCUT2D eigenvalue weighted by Gasteiger charge is -2.39. The maximum Gasteiger partial charge on any atom is 0.0231 e. The normalized spacial score (nSPS) is 33.8. The first-order chi connectivity index (χ1) is 6.07. The van der Waals surface area contributed by atoms with Gasteiger partial charge in [0.1, 0.15) is 0 Å². The molecule has 0 aliphatic heterocycles. The van der Waals surface area contributed by atoms with E-state index in [1.54, 1.807) is 5.57 Å². The Morgan fingerprint density at radius 1 is 1.38 bits per heavy atom. The van der Waals surface area contributed by atoms with Gasteiger partial charge < -0.3 is 5.73 Å².